The SMILES string of the molecule is CCOCCN1CCN(C(=O)CC2(CN)CCCCC2)CC1CC. The summed E-state index contributed by atoms with van der Waals surface area (Å²) in [6.45, 7) is 10.1. The van der Waals surface area contributed by atoms with Gasteiger partial charge in [0.15, 0.2) is 0 Å². The monoisotopic (exact) mass is 339 g/mol. The highest BCUT2D eigenvalue weighted by atomic mass is 16.5. The summed E-state index contributed by atoms with van der Waals surface area (Å²) in [4.78, 5) is 17.5. The highest BCUT2D eigenvalue weighted by molar-refractivity contribution is 5.77. The van der Waals surface area contributed by atoms with Crippen LogP contribution in [0.15, 0.2) is 0 Å². The quantitative estimate of drug-likeness (QED) is 0.689. The summed E-state index contributed by atoms with van der Waals surface area (Å²) < 4.78 is 5.50. The predicted octanol–water partition coefficient (Wildman–Crippen LogP) is 2.25. The number of carbonyl (C=O) groups excluding carboxylic acids is 1. The van der Waals surface area contributed by atoms with E-state index in [-0.39, 0.29) is 5.41 Å². The number of rotatable bonds is 8. The summed E-state index contributed by atoms with van der Waals surface area (Å²) in [5, 5.41) is 0. The van der Waals surface area contributed by atoms with Crippen molar-refractivity contribution in [1.82, 2.24) is 9.80 Å². The Hall–Kier alpha value is -0.650. The fraction of sp³-hybridized carbons (Fsp3) is 0.947. The van der Waals surface area contributed by atoms with Gasteiger partial charge in [-0.2, -0.15) is 0 Å². The van der Waals surface area contributed by atoms with Crippen molar-refractivity contribution in [2.45, 2.75) is 64.8 Å². The lowest BCUT2D eigenvalue weighted by Gasteiger charge is -2.43. The van der Waals surface area contributed by atoms with Crippen molar-refractivity contribution >= 4 is 5.91 Å². The Labute approximate surface area is 147 Å². The third kappa shape index (κ3) is 5.17. The summed E-state index contributed by atoms with van der Waals surface area (Å²) in [7, 11) is 0. The molecular weight excluding hydrogens is 302 g/mol. The zero-order valence-electron chi connectivity index (χ0n) is 15.8. The molecule has 1 aliphatic carbocycles. The van der Waals surface area contributed by atoms with E-state index in [1.165, 1.54) is 19.3 Å². The number of nitrogens with zero attached hydrogens (tertiary/aromatic N) is 2. The van der Waals surface area contributed by atoms with Crippen LogP contribution in [0.3, 0.4) is 0 Å². The maximum absolute atomic E-state index is 12.9. The number of amides is 1. The zero-order chi connectivity index (χ0) is 17.4. The first-order valence-electron chi connectivity index (χ1n) is 9.93. The topological polar surface area (TPSA) is 58.8 Å². The van der Waals surface area contributed by atoms with Crippen molar-refractivity contribution in [3.8, 4) is 0 Å². The van der Waals surface area contributed by atoms with Crippen LogP contribution in [0.5, 0.6) is 0 Å². The molecule has 1 saturated carbocycles. The molecule has 140 valence electrons. The van der Waals surface area contributed by atoms with E-state index in [1.807, 2.05) is 6.92 Å². The van der Waals surface area contributed by atoms with E-state index < -0.39 is 0 Å². The van der Waals surface area contributed by atoms with E-state index in [0.29, 0.717) is 24.9 Å². The van der Waals surface area contributed by atoms with Gasteiger partial charge in [0.05, 0.1) is 6.61 Å². The van der Waals surface area contributed by atoms with E-state index in [2.05, 4.69) is 16.7 Å². The molecule has 1 amide bonds. The molecule has 1 atom stereocenters. The second-order valence-electron chi connectivity index (χ2n) is 7.58. The van der Waals surface area contributed by atoms with Crippen LogP contribution in [0.25, 0.3) is 0 Å². The Bertz CT molecular complexity index is 383. The largest absolute Gasteiger partial charge is 0.380 e. The Morgan fingerprint density at radius 2 is 1.96 bits per heavy atom. The van der Waals surface area contributed by atoms with E-state index in [0.717, 1.165) is 58.7 Å². The van der Waals surface area contributed by atoms with Gasteiger partial charge in [-0.3, -0.25) is 9.69 Å². The minimum absolute atomic E-state index is 0.0726. The normalized spacial score (nSPS) is 25.0. The minimum atomic E-state index is 0.0726. The fourth-order valence-corrected chi connectivity index (χ4v) is 4.31. The zero-order valence-corrected chi connectivity index (χ0v) is 15.8. The summed E-state index contributed by atoms with van der Waals surface area (Å²) in [5.74, 6) is 0.324. The lowest BCUT2D eigenvalue weighted by Crippen LogP contribution is -2.56. The summed E-state index contributed by atoms with van der Waals surface area (Å²) in [6, 6.07) is 0.461. The molecule has 1 heterocycles. The van der Waals surface area contributed by atoms with Gasteiger partial charge in [-0.25, -0.2) is 0 Å². The number of nitrogens with two attached hydrogens (primary N) is 1. The van der Waals surface area contributed by atoms with Gasteiger partial charge in [-0.1, -0.05) is 26.2 Å². The van der Waals surface area contributed by atoms with Gasteiger partial charge in [0, 0.05) is 45.2 Å². The second kappa shape index (κ2) is 9.73. The molecule has 2 fully saturated rings. The van der Waals surface area contributed by atoms with E-state index >= 15 is 0 Å². The molecule has 24 heavy (non-hydrogen) atoms. The van der Waals surface area contributed by atoms with Crippen LogP contribution in [0.1, 0.15) is 58.8 Å². The van der Waals surface area contributed by atoms with Crippen molar-refractivity contribution in [3.63, 3.8) is 0 Å². The maximum atomic E-state index is 12.9. The Balaban J connectivity index is 1.87. The van der Waals surface area contributed by atoms with Crippen LogP contribution in [-0.2, 0) is 9.53 Å². The van der Waals surface area contributed by atoms with Crippen molar-refractivity contribution in [2.24, 2.45) is 11.1 Å². The van der Waals surface area contributed by atoms with Crippen LogP contribution in [0.2, 0.25) is 0 Å². The predicted molar refractivity (Wildman–Crippen MR) is 97.9 cm³/mol. The van der Waals surface area contributed by atoms with Crippen molar-refractivity contribution in [2.75, 3.05) is 45.9 Å². The molecule has 1 aliphatic heterocycles. The van der Waals surface area contributed by atoms with E-state index in [4.69, 9.17) is 10.5 Å². The smallest absolute Gasteiger partial charge is 0.223 e. The number of ether oxygens (including phenoxy) is 1. The standard InChI is InChI=1S/C19H37N3O2/c1-3-17-15-22(11-10-21(17)12-13-24-4-2)18(23)14-19(16-20)8-6-5-7-9-19/h17H,3-16,20H2,1-2H3. The molecule has 5 nitrogen and oxygen atoms in total. The first kappa shape index (κ1) is 19.7. The summed E-state index contributed by atoms with van der Waals surface area (Å²) >= 11 is 0. The number of hydrogen-bond donors (Lipinski definition) is 1. The van der Waals surface area contributed by atoms with Crippen molar-refractivity contribution < 1.29 is 9.53 Å². The molecule has 0 aromatic heterocycles. The van der Waals surface area contributed by atoms with Crippen LogP contribution in [0, 0.1) is 5.41 Å². The summed E-state index contributed by atoms with van der Waals surface area (Å²) in [6.07, 6.45) is 7.74. The molecule has 0 spiro atoms. The third-order valence-electron chi connectivity index (χ3n) is 6.03. The Morgan fingerprint density at radius 3 is 2.58 bits per heavy atom. The molecular formula is C19H37N3O2. The Morgan fingerprint density at radius 1 is 1.21 bits per heavy atom. The molecule has 2 aliphatic rings. The van der Waals surface area contributed by atoms with E-state index in [9.17, 15) is 4.79 Å². The van der Waals surface area contributed by atoms with Gasteiger partial charge in [0.25, 0.3) is 0 Å². The first-order chi connectivity index (χ1) is 11.6. The second-order valence-corrected chi connectivity index (χ2v) is 7.58. The molecule has 0 aromatic rings. The van der Waals surface area contributed by atoms with E-state index in [1.54, 1.807) is 0 Å². The lowest BCUT2D eigenvalue weighted by molar-refractivity contribution is -0.137. The maximum Gasteiger partial charge on any atom is 0.223 e. The molecule has 2 rings (SSSR count). The van der Waals surface area contributed by atoms with Crippen LogP contribution >= 0.6 is 0 Å². The molecule has 1 saturated heterocycles. The fourth-order valence-electron chi connectivity index (χ4n) is 4.31. The van der Waals surface area contributed by atoms with Gasteiger partial charge in [0.2, 0.25) is 5.91 Å². The minimum Gasteiger partial charge on any atom is -0.380 e. The van der Waals surface area contributed by atoms with Crippen LogP contribution < -0.4 is 5.73 Å². The van der Waals surface area contributed by atoms with Gasteiger partial charge in [0.1, 0.15) is 0 Å². The average molecular weight is 340 g/mol. The molecule has 0 aromatic carbocycles. The van der Waals surface area contributed by atoms with Crippen LogP contribution in [0.4, 0.5) is 0 Å². The van der Waals surface area contributed by atoms with Crippen LogP contribution in [-0.4, -0.2) is 67.7 Å². The highest BCUT2D eigenvalue weighted by Gasteiger charge is 2.36. The summed E-state index contributed by atoms with van der Waals surface area (Å²) in [5.41, 5.74) is 6.14. The molecule has 0 radical (unpaired) electrons. The molecule has 1 unspecified atom stereocenters. The van der Waals surface area contributed by atoms with Gasteiger partial charge >= 0.3 is 0 Å². The number of piperazine rings is 1. The van der Waals surface area contributed by atoms with Crippen molar-refractivity contribution in [1.29, 1.82) is 0 Å². The first-order valence-corrected chi connectivity index (χ1v) is 9.93. The molecule has 2 N–H and O–H groups in total. The Kier molecular flexibility index (Phi) is 7.98. The highest BCUT2D eigenvalue weighted by Crippen LogP contribution is 2.39. The average Bonchev–Trinajstić information content (AvgIpc) is 2.62. The van der Waals surface area contributed by atoms with Gasteiger partial charge in [-0.15, -0.1) is 0 Å². The molecule has 5 heteroatoms. The third-order valence-corrected chi connectivity index (χ3v) is 6.03. The van der Waals surface area contributed by atoms with Gasteiger partial charge < -0.3 is 15.4 Å². The van der Waals surface area contributed by atoms with Gasteiger partial charge in [-0.05, 0) is 38.1 Å². The van der Waals surface area contributed by atoms with Crippen molar-refractivity contribution in [3.05, 3.63) is 0 Å². The number of hydrogen-bond acceptors (Lipinski definition) is 4. The number of carbonyl (C=O) groups is 1. The molecule has 0 bridgehead atoms. The lowest BCUT2D eigenvalue weighted by atomic mass is 9.71.